The minimum absolute atomic E-state index is 0.0868. The zero-order valence-corrected chi connectivity index (χ0v) is 18.7. The molecular formula is C22H27N5O5. The second kappa shape index (κ2) is 8.34. The third-order valence-corrected chi connectivity index (χ3v) is 6.42. The minimum Gasteiger partial charge on any atom is -0.380 e. The Hall–Kier alpha value is -3.27. The van der Waals surface area contributed by atoms with Crippen LogP contribution in [0, 0.1) is 18.3 Å². The van der Waals surface area contributed by atoms with Gasteiger partial charge in [0.25, 0.3) is 11.8 Å². The van der Waals surface area contributed by atoms with E-state index in [0.29, 0.717) is 30.0 Å². The summed E-state index contributed by atoms with van der Waals surface area (Å²) in [6.07, 6.45) is 3.14. The van der Waals surface area contributed by atoms with Crippen molar-refractivity contribution in [2.75, 3.05) is 47.4 Å². The van der Waals surface area contributed by atoms with Crippen LogP contribution in [-0.4, -0.2) is 89.9 Å². The molecule has 4 rings (SSSR count). The topological polar surface area (TPSA) is 109 Å². The van der Waals surface area contributed by atoms with Gasteiger partial charge in [0.05, 0.1) is 17.6 Å². The summed E-state index contributed by atoms with van der Waals surface area (Å²) in [6.45, 7) is 3.17. The molecule has 0 radical (unpaired) electrons. The Morgan fingerprint density at radius 1 is 1.16 bits per heavy atom. The zero-order valence-electron chi connectivity index (χ0n) is 18.7. The number of carbonyl (C=O) groups excluding carboxylic acids is 3. The predicted molar refractivity (Wildman–Crippen MR) is 113 cm³/mol. The number of fused-ring (bicyclic) bond motifs is 1. The Balaban J connectivity index is 1.60. The first-order chi connectivity index (χ1) is 15.3. The molecule has 2 saturated heterocycles. The number of methoxy groups -OCH3 is 1. The molecule has 4 heterocycles. The second-order valence-corrected chi connectivity index (χ2v) is 8.66. The molecule has 0 spiro atoms. The van der Waals surface area contributed by atoms with E-state index in [2.05, 4.69) is 10.1 Å². The van der Waals surface area contributed by atoms with Crippen LogP contribution < -0.4 is 0 Å². The molecule has 2 aliphatic rings. The molecule has 170 valence electrons. The van der Waals surface area contributed by atoms with Crippen molar-refractivity contribution < 1.29 is 23.6 Å². The van der Waals surface area contributed by atoms with E-state index in [1.807, 2.05) is 0 Å². The summed E-state index contributed by atoms with van der Waals surface area (Å²) in [4.78, 5) is 48.5. The maximum Gasteiger partial charge on any atom is 0.276 e. The molecule has 2 atom stereocenters. The standard InChI is InChI=1S/C22H27N5O5/c1-14-17(11-31-4)18(24-32-14)20(29)27-10-16-9-26(19(28)15-5-7-23-8-6-15)12-22(16,13-27)21(30)25(2)3/h5-8,16H,9-13H2,1-4H3/t16-,22-/m0/s1. The normalized spacial score (nSPS) is 22.2. The molecule has 0 N–H and O–H groups in total. The highest BCUT2D eigenvalue weighted by atomic mass is 16.5. The molecular weight excluding hydrogens is 414 g/mol. The van der Waals surface area contributed by atoms with Crippen LogP contribution in [0.4, 0.5) is 0 Å². The fraction of sp³-hybridized carbons (Fsp3) is 0.500. The molecule has 2 aliphatic heterocycles. The molecule has 2 aromatic rings. The van der Waals surface area contributed by atoms with Crippen molar-refractivity contribution in [2.45, 2.75) is 13.5 Å². The minimum atomic E-state index is -0.859. The molecule has 2 aromatic heterocycles. The molecule has 32 heavy (non-hydrogen) atoms. The van der Waals surface area contributed by atoms with Gasteiger partial charge in [-0.1, -0.05) is 5.16 Å². The van der Waals surface area contributed by atoms with Gasteiger partial charge in [0.1, 0.15) is 5.76 Å². The zero-order chi connectivity index (χ0) is 23.0. The van der Waals surface area contributed by atoms with Gasteiger partial charge in [-0.25, -0.2) is 0 Å². The number of hydrogen-bond donors (Lipinski definition) is 0. The van der Waals surface area contributed by atoms with Crippen molar-refractivity contribution in [2.24, 2.45) is 11.3 Å². The molecule has 0 bridgehead atoms. The van der Waals surface area contributed by atoms with Gasteiger partial charge in [-0.3, -0.25) is 19.4 Å². The summed E-state index contributed by atoms with van der Waals surface area (Å²) in [6, 6.07) is 3.33. The lowest BCUT2D eigenvalue weighted by atomic mass is 9.80. The molecule has 2 fully saturated rings. The van der Waals surface area contributed by atoms with Gasteiger partial charge >= 0.3 is 0 Å². The molecule has 0 saturated carbocycles. The van der Waals surface area contributed by atoms with Gasteiger partial charge in [0.2, 0.25) is 5.91 Å². The number of likely N-dealkylation sites (tertiary alicyclic amines) is 2. The number of pyridine rings is 1. The van der Waals surface area contributed by atoms with Crippen LogP contribution in [0.15, 0.2) is 29.0 Å². The molecule has 0 aromatic carbocycles. The van der Waals surface area contributed by atoms with Crippen LogP contribution >= 0.6 is 0 Å². The number of rotatable bonds is 5. The van der Waals surface area contributed by atoms with Crippen molar-refractivity contribution >= 4 is 17.7 Å². The largest absolute Gasteiger partial charge is 0.380 e. The van der Waals surface area contributed by atoms with E-state index < -0.39 is 5.41 Å². The highest BCUT2D eigenvalue weighted by Crippen LogP contribution is 2.44. The van der Waals surface area contributed by atoms with Gasteiger partial charge < -0.3 is 24.0 Å². The third kappa shape index (κ3) is 3.54. The van der Waals surface area contributed by atoms with E-state index >= 15 is 0 Å². The van der Waals surface area contributed by atoms with E-state index in [1.54, 1.807) is 62.5 Å². The third-order valence-electron chi connectivity index (χ3n) is 6.42. The SMILES string of the molecule is COCc1c(C(=O)N2C[C@@H]3CN(C(=O)c4ccncc4)C[C@]3(C(=O)N(C)C)C2)noc1C. The van der Waals surface area contributed by atoms with E-state index in [-0.39, 0.29) is 49.0 Å². The number of carbonyl (C=O) groups is 3. The predicted octanol–water partition coefficient (Wildman–Crippen LogP) is 0.827. The first kappa shape index (κ1) is 21.9. The smallest absolute Gasteiger partial charge is 0.276 e. The van der Waals surface area contributed by atoms with Crippen LogP contribution in [0.5, 0.6) is 0 Å². The Morgan fingerprint density at radius 3 is 2.38 bits per heavy atom. The molecule has 10 heteroatoms. The van der Waals surface area contributed by atoms with Gasteiger partial charge in [-0.2, -0.15) is 0 Å². The fourth-order valence-electron chi connectivity index (χ4n) is 4.82. The summed E-state index contributed by atoms with van der Waals surface area (Å²) in [5.74, 6) is -0.161. The lowest BCUT2D eigenvalue weighted by Crippen LogP contribution is -2.48. The van der Waals surface area contributed by atoms with Crippen LogP contribution in [0.2, 0.25) is 0 Å². The van der Waals surface area contributed by atoms with E-state index in [9.17, 15) is 14.4 Å². The Labute approximate surface area is 186 Å². The van der Waals surface area contributed by atoms with Crippen molar-refractivity contribution in [1.29, 1.82) is 0 Å². The highest BCUT2D eigenvalue weighted by molar-refractivity contribution is 5.97. The average molecular weight is 441 g/mol. The molecule has 3 amide bonds. The van der Waals surface area contributed by atoms with Crippen molar-refractivity contribution in [3.8, 4) is 0 Å². The van der Waals surface area contributed by atoms with Crippen molar-refractivity contribution in [1.82, 2.24) is 24.8 Å². The van der Waals surface area contributed by atoms with E-state index in [1.165, 1.54) is 4.90 Å². The van der Waals surface area contributed by atoms with Crippen LogP contribution in [0.3, 0.4) is 0 Å². The molecule has 0 aliphatic carbocycles. The van der Waals surface area contributed by atoms with E-state index in [0.717, 1.165) is 0 Å². The van der Waals surface area contributed by atoms with Gasteiger partial charge in [0, 0.05) is 71.3 Å². The van der Waals surface area contributed by atoms with Crippen LogP contribution in [-0.2, 0) is 16.1 Å². The van der Waals surface area contributed by atoms with Crippen molar-refractivity contribution in [3.63, 3.8) is 0 Å². The van der Waals surface area contributed by atoms with Crippen LogP contribution in [0.1, 0.15) is 32.2 Å². The number of nitrogens with zero attached hydrogens (tertiary/aromatic N) is 5. The van der Waals surface area contributed by atoms with Gasteiger partial charge in [-0.05, 0) is 19.1 Å². The average Bonchev–Trinajstić information content (AvgIpc) is 3.44. The monoisotopic (exact) mass is 441 g/mol. The summed E-state index contributed by atoms with van der Waals surface area (Å²) < 4.78 is 10.4. The number of hydrogen-bond acceptors (Lipinski definition) is 7. The number of aromatic nitrogens is 2. The Kier molecular flexibility index (Phi) is 5.72. The first-order valence-corrected chi connectivity index (χ1v) is 10.4. The number of ether oxygens (including phenoxy) is 1. The molecule has 0 unspecified atom stereocenters. The summed E-state index contributed by atoms with van der Waals surface area (Å²) in [5, 5.41) is 3.95. The lowest BCUT2D eigenvalue weighted by Gasteiger charge is -2.30. The van der Waals surface area contributed by atoms with E-state index in [4.69, 9.17) is 9.26 Å². The Morgan fingerprint density at radius 2 is 1.78 bits per heavy atom. The Bertz CT molecular complexity index is 1040. The van der Waals surface area contributed by atoms with Gasteiger partial charge in [-0.15, -0.1) is 0 Å². The summed E-state index contributed by atoms with van der Waals surface area (Å²) in [5.41, 5.74) is 0.489. The summed E-state index contributed by atoms with van der Waals surface area (Å²) in [7, 11) is 4.94. The second-order valence-electron chi connectivity index (χ2n) is 8.66. The lowest BCUT2D eigenvalue weighted by molar-refractivity contribution is -0.139. The van der Waals surface area contributed by atoms with Crippen molar-refractivity contribution in [3.05, 3.63) is 47.1 Å². The first-order valence-electron chi connectivity index (χ1n) is 10.4. The quantitative estimate of drug-likeness (QED) is 0.676. The maximum absolute atomic E-state index is 13.3. The number of aryl methyl sites for hydroxylation is 1. The maximum atomic E-state index is 13.3. The van der Waals surface area contributed by atoms with Gasteiger partial charge in [0.15, 0.2) is 5.69 Å². The fourth-order valence-corrected chi connectivity index (χ4v) is 4.82. The number of amides is 3. The summed E-state index contributed by atoms with van der Waals surface area (Å²) >= 11 is 0. The highest BCUT2D eigenvalue weighted by Gasteiger charge is 2.59. The van der Waals surface area contributed by atoms with Crippen LogP contribution in [0.25, 0.3) is 0 Å². The molecule has 10 nitrogen and oxygen atoms in total.